The molecule has 0 aromatic heterocycles. The fourth-order valence-electron chi connectivity index (χ4n) is 1.39. The van der Waals surface area contributed by atoms with Crippen molar-refractivity contribution in [1.82, 2.24) is 0 Å². The van der Waals surface area contributed by atoms with Gasteiger partial charge in [0.05, 0.1) is 10.0 Å². The van der Waals surface area contributed by atoms with E-state index in [1.54, 1.807) is 18.2 Å². The molecule has 0 spiro atoms. The molecular formula is C12H5Cl3F. The smallest absolute Gasteiger partial charge is 0.132 e. The van der Waals surface area contributed by atoms with Crippen LogP contribution < -0.4 is 0 Å². The molecule has 2 rings (SSSR count). The Morgan fingerprint density at radius 2 is 1.81 bits per heavy atom. The van der Waals surface area contributed by atoms with E-state index in [0.717, 1.165) is 0 Å². The lowest BCUT2D eigenvalue weighted by molar-refractivity contribution is 0.631. The SMILES string of the molecule is Fc1cc[c]c(Cl)c1-c1ccc(Cl)cc1Cl. The molecule has 81 valence electrons. The van der Waals surface area contributed by atoms with E-state index in [-0.39, 0.29) is 10.6 Å². The Labute approximate surface area is 108 Å². The lowest BCUT2D eigenvalue weighted by atomic mass is 10.1. The molecular weight excluding hydrogens is 269 g/mol. The lowest BCUT2D eigenvalue weighted by Gasteiger charge is -2.07. The van der Waals surface area contributed by atoms with Crippen molar-refractivity contribution in [2.75, 3.05) is 0 Å². The maximum absolute atomic E-state index is 13.6. The van der Waals surface area contributed by atoms with Crippen molar-refractivity contribution in [2.45, 2.75) is 0 Å². The van der Waals surface area contributed by atoms with E-state index in [4.69, 9.17) is 34.8 Å². The average Bonchev–Trinajstić information content (AvgIpc) is 2.20. The largest absolute Gasteiger partial charge is 0.206 e. The molecule has 0 saturated heterocycles. The maximum atomic E-state index is 13.6. The summed E-state index contributed by atoms with van der Waals surface area (Å²) in [5, 5.41) is 1.04. The molecule has 1 radical (unpaired) electrons. The van der Waals surface area contributed by atoms with Crippen LogP contribution in [0.4, 0.5) is 4.39 Å². The first-order chi connectivity index (χ1) is 7.59. The van der Waals surface area contributed by atoms with Crippen LogP contribution in [-0.4, -0.2) is 0 Å². The van der Waals surface area contributed by atoms with Crippen LogP contribution in [0.25, 0.3) is 11.1 Å². The molecule has 4 heteroatoms. The van der Waals surface area contributed by atoms with Gasteiger partial charge in [-0.1, -0.05) is 40.9 Å². The molecule has 16 heavy (non-hydrogen) atoms. The fraction of sp³-hybridized carbons (Fsp3) is 0. The Kier molecular flexibility index (Phi) is 3.38. The maximum Gasteiger partial charge on any atom is 0.132 e. The van der Waals surface area contributed by atoms with Crippen LogP contribution in [0.5, 0.6) is 0 Å². The van der Waals surface area contributed by atoms with Crippen molar-refractivity contribution in [3.8, 4) is 11.1 Å². The standard InChI is InChI=1S/C12H5Cl3F/c13-7-4-5-8(10(15)6-7)12-9(14)2-1-3-11(12)16/h1,3-6H. The third kappa shape index (κ3) is 2.17. The summed E-state index contributed by atoms with van der Waals surface area (Å²) in [6.45, 7) is 0. The Morgan fingerprint density at radius 1 is 1.06 bits per heavy atom. The molecule has 0 fully saturated rings. The second-order valence-electron chi connectivity index (χ2n) is 3.14. The van der Waals surface area contributed by atoms with Crippen molar-refractivity contribution in [3.05, 3.63) is 57.3 Å². The number of rotatable bonds is 1. The summed E-state index contributed by atoms with van der Waals surface area (Å²) in [5.74, 6) is -0.437. The van der Waals surface area contributed by atoms with Crippen molar-refractivity contribution in [3.63, 3.8) is 0 Å². The van der Waals surface area contributed by atoms with Gasteiger partial charge in [0, 0.05) is 22.2 Å². The summed E-state index contributed by atoms with van der Waals surface area (Å²) in [6.07, 6.45) is 0. The van der Waals surface area contributed by atoms with Gasteiger partial charge in [0.1, 0.15) is 5.82 Å². The van der Waals surface area contributed by atoms with E-state index in [9.17, 15) is 4.39 Å². The minimum atomic E-state index is -0.437. The van der Waals surface area contributed by atoms with Crippen LogP contribution in [0.15, 0.2) is 30.3 Å². The van der Waals surface area contributed by atoms with Crippen molar-refractivity contribution >= 4 is 34.8 Å². The Hall–Kier alpha value is -0.760. The van der Waals surface area contributed by atoms with Gasteiger partial charge in [0.25, 0.3) is 0 Å². The molecule has 0 unspecified atom stereocenters. The molecule has 0 bridgehead atoms. The zero-order valence-electron chi connectivity index (χ0n) is 7.90. The van der Waals surface area contributed by atoms with Crippen LogP contribution in [-0.2, 0) is 0 Å². The number of benzene rings is 2. The van der Waals surface area contributed by atoms with E-state index in [2.05, 4.69) is 6.07 Å². The van der Waals surface area contributed by atoms with E-state index >= 15 is 0 Å². The third-order valence-corrected chi connectivity index (χ3v) is 2.94. The van der Waals surface area contributed by atoms with Crippen molar-refractivity contribution in [1.29, 1.82) is 0 Å². The Balaban J connectivity index is 2.68. The summed E-state index contributed by atoms with van der Waals surface area (Å²) in [6, 6.07) is 10.2. The van der Waals surface area contributed by atoms with Gasteiger partial charge >= 0.3 is 0 Å². The Bertz CT molecular complexity index is 518. The highest BCUT2D eigenvalue weighted by Gasteiger charge is 2.12. The summed E-state index contributed by atoms with van der Waals surface area (Å²) in [5.41, 5.74) is 0.747. The molecule has 0 aliphatic rings. The van der Waals surface area contributed by atoms with E-state index in [1.165, 1.54) is 12.1 Å². The third-order valence-electron chi connectivity index (χ3n) is 2.10. The van der Waals surface area contributed by atoms with Gasteiger partial charge < -0.3 is 0 Å². The number of hydrogen-bond acceptors (Lipinski definition) is 0. The summed E-state index contributed by atoms with van der Waals surface area (Å²) < 4.78 is 13.6. The molecule has 0 aliphatic heterocycles. The normalized spacial score (nSPS) is 10.5. The first kappa shape index (κ1) is 11.7. The van der Waals surface area contributed by atoms with Gasteiger partial charge in [0.2, 0.25) is 0 Å². The van der Waals surface area contributed by atoms with Gasteiger partial charge in [-0.25, -0.2) is 4.39 Å². The highest BCUT2D eigenvalue weighted by atomic mass is 35.5. The molecule has 0 N–H and O–H groups in total. The van der Waals surface area contributed by atoms with Gasteiger partial charge in [0.15, 0.2) is 0 Å². The van der Waals surface area contributed by atoms with Gasteiger partial charge in [-0.05, 0) is 24.3 Å². The van der Waals surface area contributed by atoms with Gasteiger partial charge in [-0.15, -0.1) is 0 Å². The van der Waals surface area contributed by atoms with E-state index < -0.39 is 5.82 Å². The molecule has 0 atom stereocenters. The molecule has 0 amide bonds. The zero-order chi connectivity index (χ0) is 11.7. The molecule has 0 aliphatic carbocycles. The quantitative estimate of drug-likeness (QED) is 0.666. The highest BCUT2D eigenvalue weighted by molar-refractivity contribution is 6.38. The average molecular weight is 275 g/mol. The van der Waals surface area contributed by atoms with Gasteiger partial charge in [-0.3, -0.25) is 0 Å². The van der Waals surface area contributed by atoms with Gasteiger partial charge in [-0.2, -0.15) is 0 Å². The van der Waals surface area contributed by atoms with Crippen LogP contribution in [0.2, 0.25) is 15.1 Å². The monoisotopic (exact) mass is 273 g/mol. The predicted molar refractivity (Wildman–Crippen MR) is 65.7 cm³/mol. The zero-order valence-corrected chi connectivity index (χ0v) is 10.2. The second kappa shape index (κ2) is 4.62. The van der Waals surface area contributed by atoms with Crippen LogP contribution >= 0.6 is 34.8 Å². The minimum absolute atomic E-state index is 0.198. The summed E-state index contributed by atoms with van der Waals surface area (Å²) in [7, 11) is 0. The first-order valence-electron chi connectivity index (χ1n) is 4.40. The fourth-order valence-corrected chi connectivity index (χ4v) is 2.15. The topological polar surface area (TPSA) is 0 Å². The molecule has 2 aromatic rings. The summed E-state index contributed by atoms with van der Waals surface area (Å²) >= 11 is 17.6. The molecule has 0 nitrogen and oxygen atoms in total. The highest BCUT2D eigenvalue weighted by Crippen LogP contribution is 2.36. The lowest BCUT2D eigenvalue weighted by Crippen LogP contribution is -1.87. The number of hydrogen-bond donors (Lipinski definition) is 0. The molecule has 2 aromatic carbocycles. The molecule has 0 saturated carbocycles. The van der Waals surface area contributed by atoms with Crippen molar-refractivity contribution < 1.29 is 4.39 Å². The summed E-state index contributed by atoms with van der Waals surface area (Å²) in [4.78, 5) is 0. The molecule has 0 heterocycles. The van der Waals surface area contributed by atoms with Crippen LogP contribution in [0, 0.1) is 11.9 Å². The van der Waals surface area contributed by atoms with E-state index in [1.807, 2.05) is 0 Å². The van der Waals surface area contributed by atoms with Crippen LogP contribution in [0.1, 0.15) is 0 Å². The van der Waals surface area contributed by atoms with Crippen molar-refractivity contribution in [2.24, 2.45) is 0 Å². The number of halogens is 4. The van der Waals surface area contributed by atoms with E-state index in [0.29, 0.717) is 15.6 Å². The Morgan fingerprint density at radius 3 is 2.44 bits per heavy atom. The predicted octanol–water partition coefficient (Wildman–Crippen LogP) is 5.25. The first-order valence-corrected chi connectivity index (χ1v) is 5.54. The minimum Gasteiger partial charge on any atom is -0.206 e. The second-order valence-corrected chi connectivity index (χ2v) is 4.36. The van der Waals surface area contributed by atoms with Crippen LogP contribution in [0.3, 0.4) is 0 Å².